The van der Waals surface area contributed by atoms with Gasteiger partial charge in [0, 0.05) is 12.8 Å². The first kappa shape index (κ1) is 9.79. The zero-order valence-electron chi connectivity index (χ0n) is 8.77. The molecule has 0 bridgehead atoms. The maximum atomic E-state index is 3.87. The van der Waals surface area contributed by atoms with Crippen LogP contribution < -0.4 is 0 Å². The molecule has 1 aliphatic heterocycles. The Balaban J connectivity index is 2.78. The molecule has 0 N–H and O–H groups in total. The summed E-state index contributed by atoms with van der Waals surface area (Å²) < 4.78 is 1.25. The molecular formula is C11H22N+. The highest BCUT2D eigenvalue weighted by Crippen LogP contribution is 2.30. The lowest BCUT2D eigenvalue weighted by molar-refractivity contribution is -0.955. The Hall–Kier alpha value is -0.300. The summed E-state index contributed by atoms with van der Waals surface area (Å²) >= 11 is 0. The molecule has 1 fully saturated rings. The summed E-state index contributed by atoms with van der Waals surface area (Å²) in [6, 6.07) is 0. The van der Waals surface area contributed by atoms with Crippen LogP contribution in [0.5, 0.6) is 0 Å². The van der Waals surface area contributed by atoms with Crippen LogP contribution in [0.15, 0.2) is 12.7 Å². The van der Waals surface area contributed by atoms with E-state index in [-0.39, 0.29) is 0 Å². The van der Waals surface area contributed by atoms with Gasteiger partial charge in [-0.3, -0.25) is 0 Å². The van der Waals surface area contributed by atoms with Gasteiger partial charge in [-0.25, -0.2) is 0 Å². The molecule has 1 heteroatoms. The Morgan fingerprint density at radius 3 is 2.08 bits per heavy atom. The van der Waals surface area contributed by atoms with Gasteiger partial charge in [0.05, 0.1) is 25.2 Å². The Bertz CT molecular complexity index is 158. The number of hydrogen-bond acceptors (Lipinski definition) is 0. The van der Waals surface area contributed by atoms with Crippen molar-refractivity contribution in [3.05, 3.63) is 12.7 Å². The molecule has 1 heterocycles. The Morgan fingerprint density at radius 1 is 1.25 bits per heavy atom. The summed E-state index contributed by atoms with van der Waals surface area (Å²) in [7, 11) is 0. The summed E-state index contributed by atoms with van der Waals surface area (Å²) in [4.78, 5) is 0. The third kappa shape index (κ3) is 1.56. The van der Waals surface area contributed by atoms with Crippen LogP contribution in [0.3, 0.4) is 0 Å². The fraction of sp³-hybridized carbons (Fsp3) is 0.818. The van der Waals surface area contributed by atoms with Gasteiger partial charge in [0.15, 0.2) is 0 Å². The van der Waals surface area contributed by atoms with Gasteiger partial charge in [-0.1, -0.05) is 6.58 Å². The Morgan fingerprint density at radius 2 is 1.75 bits per heavy atom. The summed E-state index contributed by atoms with van der Waals surface area (Å²) in [6.07, 6.45) is 4.87. The molecule has 1 nitrogen and oxygen atoms in total. The van der Waals surface area contributed by atoms with E-state index in [9.17, 15) is 0 Å². The van der Waals surface area contributed by atoms with Crippen LogP contribution in [0.2, 0.25) is 0 Å². The number of nitrogens with zero attached hydrogens (tertiary/aromatic N) is 1. The quantitative estimate of drug-likeness (QED) is 0.439. The normalized spacial score (nSPS) is 22.6. The summed E-state index contributed by atoms with van der Waals surface area (Å²) in [5.41, 5.74) is 0.394. The maximum Gasteiger partial charge on any atom is 0.0975 e. The second-order valence-corrected chi connectivity index (χ2v) is 4.94. The molecule has 0 spiro atoms. The minimum Gasteiger partial charge on any atom is -0.316 e. The Labute approximate surface area is 76.7 Å². The van der Waals surface area contributed by atoms with Crippen molar-refractivity contribution in [2.24, 2.45) is 0 Å². The van der Waals surface area contributed by atoms with Crippen molar-refractivity contribution in [3.63, 3.8) is 0 Å². The molecule has 12 heavy (non-hydrogen) atoms. The second-order valence-electron chi connectivity index (χ2n) is 4.94. The summed E-state index contributed by atoms with van der Waals surface area (Å²) in [5.74, 6) is 0. The van der Waals surface area contributed by atoms with E-state index in [0.717, 1.165) is 6.54 Å². The molecule has 0 unspecified atom stereocenters. The molecule has 1 saturated heterocycles. The van der Waals surface area contributed by atoms with E-state index in [1.807, 2.05) is 0 Å². The van der Waals surface area contributed by atoms with Crippen molar-refractivity contribution in [3.8, 4) is 0 Å². The topological polar surface area (TPSA) is 0 Å². The van der Waals surface area contributed by atoms with Crippen molar-refractivity contribution in [1.82, 2.24) is 0 Å². The standard InChI is InChI=1S/C11H22N/c1-5-8-12(11(2,3)4)9-6-7-10-12/h5H,1,6-10H2,2-4H3/q+1. The van der Waals surface area contributed by atoms with Crippen molar-refractivity contribution in [2.75, 3.05) is 19.6 Å². The Kier molecular flexibility index (Phi) is 2.62. The van der Waals surface area contributed by atoms with Gasteiger partial charge >= 0.3 is 0 Å². The van der Waals surface area contributed by atoms with E-state index in [0.29, 0.717) is 5.54 Å². The molecule has 0 aromatic rings. The van der Waals surface area contributed by atoms with Crippen LogP contribution in [-0.2, 0) is 0 Å². The van der Waals surface area contributed by atoms with E-state index >= 15 is 0 Å². The summed E-state index contributed by atoms with van der Waals surface area (Å²) in [6.45, 7) is 14.7. The molecular weight excluding hydrogens is 146 g/mol. The third-order valence-electron chi connectivity index (χ3n) is 3.32. The molecule has 0 atom stereocenters. The van der Waals surface area contributed by atoms with Crippen molar-refractivity contribution < 1.29 is 4.48 Å². The molecule has 1 aliphatic rings. The first-order valence-corrected chi connectivity index (χ1v) is 4.99. The van der Waals surface area contributed by atoms with Crippen molar-refractivity contribution in [1.29, 1.82) is 0 Å². The average Bonchev–Trinajstić information content (AvgIpc) is 2.36. The fourth-order valence-corrected chi connectivity index (χ4v) is 2.32. The molecule has 0 aromatic carbocycles. The maximum absolute atomic E-state index is 3.87. The van der Waals surface area contributed by atoms with Crippen LogP contribution in [0.25, 0.3) is 0 Å². The average molecular weight is 168 g/mol. The molecule has 0 amide bonds. The van der Waals surface area contributed by atoms with E-state index in [1.54, 1.807) is 0 Å². The smallest absolute Gasteiger partial charge is 0.0975 e. The monoisotopic (exact) mass is 168 g/mol. The minimum absolute atomic E-state index is 0.394. The molecule has 0 radical (unpaired) electrons. The second kappa shape index (κ2) is 3.21. The van der Waals surface area contributed by atoms with E-state index in [4.69, 9.17) is 0 Å². The predicted octanol–water partition coefficient (Wildman–Crippen LogP) is 2.58. The zero-order chi connectivity index (χ0) is 9.24. The molecule has 1 rings (SSSR count). The van der Waals surface area contributed by atoms with Crippen LogP contribution in [0.1, 0.15) is 33.6 Å². The van der Waals surface area contributed by atoms with Crippen LogP contribution in [0, 0.1) is 0 Å². The van der Waals surface area contributed by atoms with E-state index in [2.05, 4.69) is 33.4 Å². The first-order valence-electron chi connectivity index (χ1n) is 4.99. The van der Waals surface area contributed by atoms with Gasteiger partial charge in [0.25, 0.3) is 0 Å². The van der Waals surface area contributed by atoms with E-state index in [1.165, 1.54) is 30.4 Å². The summed E-state index contributed by atoms with van der Waals surface area (Å²) in [5, 5.41) is 0. The number of quaternary nitrogens is 1. The third-order valence-corrected chi connectivity index (χ3v) is 3.32. The highest BCUT2D eigenvalue weighted by Gasteiger charge is 2.41. The van der Waals surface area contributed by atoms with Crippen molar-refractivity contribution >= 4 is 0 Å². The fourth-order valence-electron chi connectivity index (χ4n) is 2.32. The lowest BCUT2D eigenvalue weighted by Gasteiger charge is -2.45. The lowest BCUT2D eigenvalue weighted by atomic mass is 10.0. The van der Waals surface area contributed by atoms with Gasteiger partial charge in [0.2, 0.25) is 0 Å². The SMILES string of the molecule is C=CC[N+]1(C(C)(C)C)CCCC1. The van der Waals surface area contributed by atoms with Gasteiger partial charge in [0.1, 0.15) is 0 Å². The van der Waals surface area contributed by atoms with Gasteiger partial charge in [-0.15, -0.1) is 0 Å². The van der Waals surface area contributed by atoms with Crippen LogP contribution >= 0.6 is 0 Å². The number of hydrogen-bond donors (Lipinski definition) is 0. The molecule has 0 aliphatic carbocycles. The number of rotatable bonds is 2. The zero-order valence-corrected chi connectivity index (χ0v) is 8.77. The van der Waals surface area contributed by atoms with Crippen LogP contribution in [0.4, 0.5) is 0 Å². The molecule has 0 aromatic heterocycles. The van der Waals surface area contributed by atoms with Crippen molar-refractivity contribution in [2.45, 2.75) is 39.2 Å². The largest absolute Gasteiger partial charge is 0.316 e. The highest BCUT2D eigenvalue weighted by atomic mass is 15.4. The highest BCUT2D eigenvalue weighted by molar-refractivity contribution is 4.75. The van der Waals surface area contributed by atoms with Crippen LogP contribution in [-0.4, -0.2) is 29.7 Å². The minimum atomic E-state index is 0.394. The van der Waals surface area contributed by atoms with Gasteiger partial charge in [-0.05, 0) is 26.8 Å². The van der Waals surface area contributed by atoms with Gasteiger partial charge in [-0.2, -0.15) is 0 Å². The van der Waals surface area contributed by atoms with E-state index < -0.39 is 0 Å². The first-order chi connectivity index (χ1) is 5.52. The molecule has 0 saturated carbocycles. The van der Waals surface area contributed by atoms with Gasteiger partial charge < -0.3 is 4.48 Å². The lowest BCUT2D eigenvalue weighted by Crippen LogP contribution is -2.58. The number of likely N-dealkylation sites (tertiary alicyclic amines) is 1. The molecule has 70 valence electrons. The predicted molar refractivity (Wildman–Crippen MR) is 54.0 cm³/mol.